The van der Waals surface area contributed by atoms with E-state index in [1.807, 2.05) is 28.9 Å². The lowest BCUT2D eigenvalue weighted by molar-refractivity contribution is 0.409. The molecule has 1 aromatic carbocycles. The molecule has 0 amide bonds. The highest BCUT2D eigenvalue weighted by atomic mass is 32.1. The van der Waals surface area contributed by atoms with Gasteiger partial charge in [0.2, 0.25) is 4.77 Å². The largest absolute Gasteiger partial charge is 0.496 e. The standard InChI is InChI=1S/C13H18N4OS/c1-3-6-12-15-16-13(19)17(12)14-9-10-7-4-5-8-11(10)18-2/h4-5,7-8,14H,3,6,9H2,1-2H3,(H,16,19). The van der Waals surface area contributed by atoms with E-state index < -0.39 is 0 Å². The summed E-state index contributed by atoms with van der Waals surface area (Å²) in [5.74, 6) is 1.78. The third kappa shape index (κ3) is 3.14. The highest BCUT2D eigenvalue weighted by Gasteiger charge is 2.06. The minimum atomic E-state index is 0.582. The summed E-state index contributed by atoms with van der Waals surface area (Å²) in [4.78, 5) is 0. The molecule has 102 valence electrons. The first-order valence-corrected chi connectivity index (χ1v) is 6.69. The third-order valence-corrected chi connectivity index (χ3v) is 3.11. The number of H-pyrrole nitrogens is 1. The summed E-state index contributed by atoms with van der Waals surface area (Å²) < 4.78 is 7.73. The van der Waals surface area contributed by atoms with Gasteiger partial charge in [-0.05, 0) is 24.7 Å². The lowest BCUT2D eigenvalue weighted by Gasteiger charge is -2.12. The molecule has 0 radical (unpaired) electrons. The van der Waals surface area contributed by atoms with Crippen LogP contribution < -0.4 is 10.2 Å². The molecular formula is C13H18N4OS. The number of methoxy groups -OCH3 is 1. The van der Waals surface area contributed by atoms with Crippen molar-refractivity contribution >= 4 is 12.2 Å². The minimum Gasteiger partial charge on any atom is -0.496 e. The number of para-hydroxylation sites is 1. The van der Waals surface area contributed by atoms with Crippen molar-refractivity contribution in [2.45, 2.75) is 26.3 Å². The summed E-state index contributed by atoms with van der Waals surface area (Å²) in [6.07, 6.45) is 1.90. The van der Waals surface area contributed by atoms with Crippen molar-refractivity contribution in [3.8, 4) is 5.75 Å². The molecule has 6 heteroatoms. The lowest BCUT2D eigenvalue weighted by atomic mass is 10.2. The van der Waals surface area contributed by atoms with Gasteiger partial charge in [-0.3, -0.25) is 5.10 Å². The van der Waals surface area contributed by atoms with Crippen molar-refractivity contribution < 1.29 is 4.74 Å². The maximum absolute atomic E-state index is 5.32. The van der Waals surface area contributed by atoms with E-state index in [0.717, 1.165) is 30.0 Å². The van der Waals surface area contributed by atoms with Gasteiger partial charge in [-0.15, -0.1) is 0 Å². The Balaban J connectivity index is 2.14. The number of hydrogen-bond donors (Lipinski definition) is 2. The third-order valence-electron chi connectivity index (χ3n) is 2.84. The first-order chi connectivity index (χ1) is 9.26. The Labute approximate surface area is 117 Å². The average molecular weight is 278 g/mol. The van der Waals surface area contributed by atoms with Crippen LogP contribution in [0, 0.1) is 4.77 Å². The van der Waals surface area contributed by atoms with Crippen LogP contribution in [0.3, 0.4) is 0 Å². The van der Waals surface area contributed by atoms with Crippen LogP contribution in [0.5, 0.6) is 5.75 Å². The van der Waals surface area contributed by atoms with Crippen molar-refractivity contribution in [1.29, 1.82) is 0 Å². The van der Waals surface area contributed by atoms with Crippen molar-refractivity contribution in [1.82, 2.24) is 14.9 Å². The second kappa shape index (κ2) is 6.38. The van der Waals surface area contributed by atoms with Crippen molar-refractivity contribution in [3.63, 3.8) is 0 Å². The number of ether oxygens (including phenoxy) is 1. The smallest absolute Gasteiger partial charge is 0.214 e. The summed E-state index contributed by atoms with van der Waals surface area (Å²) in [5.41, 5.74) is 4.36. The van der Waals surface area contributed by atoms with Gasteiger partial charge in [0.1, 0.15) is 5.75 Å². The number of nitrogens with one attached hydrogen (secondary N) is 2. The zero-order valence-electron chi connectivity index (χ0n) is 11.1. The molecule has 0 aliphatic rings. The van der Waals surface area contributed by atoms with E-state index in [2.05, 4.69) is 22.5 Å². The predicted octanol–water partition coefficient (Wildman–Crippen LogP) is 2.65. The molecule has 0 spiro atoms. The van der Waals surface area contributed by atoms with Crippen LogP contribution in [0.2, 0.25) is 0 Å². The first kappa shape index (κ1) is 13.6. The van der Waals surface area contributed by atoms with Crippen LogP contribution in [-0.4, -0.2) is 22.0 Å². The molecule has 1 aromatic heterocycles. The summed E-state index contributed by atoms with van der Waals surface area (Å²) in [5, 5.41) is 7.02. The van der Waals surface area contributed by atoms with Gasteiger partial charge in [-0.2, -0.15) is 5.10 Å². The zero-order chi connectivity index (χ0) is 13.7. The van der Waals surface area contributed by atoms with Crippen LogP contribution in [0.4, 0.5) is 0 Å². The van der Waals surface area contributed by atoms with Gasteiger partial charge in [0.25, 0.3) is 0 Å². The summed E-state index contributed by atoms with van der Waals surface area (Å²) in [7, 11) is 1.67. The Morgan fingerprint density at radius 2 is 2.21 bits per heavy atom. The van der Waals surface area contributed by atoms with Crippen LogP contribution >= 0.6 is 12.2 Å². The zero-order valence-corrected chi connectivity index (χ0v) is 12.0. The van der Waals surface area contributed by atoms with Gasteiger partial charge in [-0.1, -0.05) is 25.1 Å². The van der Waals surface area contributed by atoms with E-state index in [1.165, 1.54) is 0 Å². The highest BCUT2D eigenvalue weighted by molar-refractivity contribution is 7.71. The molecule has 2 rings (SSSR count). The fraction of sp³-hybridized carbons (Fsp3) is 0.385. The van der Waals surface area contributed by atoms with E-state index in [4.69, 9.17) is 17.0 Å². The van der Waals surface area contributed by atoms with Gasteiger partial charge >= 0.3 is 0 Å². The topological polar surface area (TPSA) is 54.9 Å². The van der Waals surface area contributed by atoms with E-state index >= 15 is 0 Å². The van der Waals surface area contributed by atoms with Crippen molar-refractivity contribution in [3.05, 3.63) is 40.4 Å². The van der Waals surface area contributed by atoms with Crippen LogP contribution in [-0.2, 0) is 13.0 Å². The predicted molar refractivity (Wildman–Crippen MR) is 77.5 cm³/mol. The Hall–Kier alpha value is -1.82. The molecule has 0 aliphatic heterocycles. The second-order valence-electron chi connectivity index (χ2n) is 4.18. The van der Waals surface area contributed by atoms with Gasteiger partial charge in [0, 0.05) is 12.0 Å². The molecule has 2 aromatic rings. The molecule has 1 heterocycles. The van der Waals surface area contributed by atoms with Crippen LogP contribution in [0.15, 0.2) is 24.3 Å². The van der Waals surface area contributed by atoms with Gasteiger partial charge in [0.15, 0.2) is 5.82 Å². The molecule has 0 fully saturated rings. The van der Waals surface area contributed by atoms with E-state index in [9.17, 15) is 0 Å². The Bertz CT molecular complexity index is 590. The maximum Gasteiger partial charge on any atom is 0.214 e. The molecule has 0 saturated heterocycles. The molecule has 0 unspecified atom stereocenters. The molecule has 0 bridgehead atoms. The number of aryl methyl sites for hydroxylation is 1. The molecule has 0 atom stereocenters. The number of rotatable bonds is 6. The number of aromatic amines is 1. The Kier molecular flexibility index (Phi) is 4.57. The van der Waals surface area contributed by atoms with E-state index in [1.54, 1.807) is 7.11 Å². The fourth-order valence-electron chi connectivity index (χ4n) is 1.90. The quantitative estimate of drug-likeness (QED) is 0.798. The maximum atomic E-state index is 5.32. The normalized spacial score (nSPS) is 10.4. The molecule has 19 heavy (non-hydrogen) atoms. The van der Waals surface area contributed by atoms with Crippen LogP contribution in [0.25, 0.3) is 0 Å². The van der Waals surface area contributed by atoms with Gasteiger partial charge in [-0.25, -0.2) is 4.68 Å². The summed E-state index contributed by atoms with van der Waals surface area (Å²) >= 11 is 5.21. The lowest BCUT2D eigenvalue weighted by Crippen LogP contribution is -2.18. The Morgan fingerprint density at radius 1 is 1.42 bits per heavy atom. The molecule has 0 saturated carbocycles. The monoisotopic (exact) mass is 278 g/mol. The first-order valence-electron chi connectivity index (χ1n) is 6.28. The van der Waals surface area contributed by atoms with Crippen LogP contribution in [0.1, 0.15) is 24.7 Å². The highest BCUT2D eigenvalue weighted by Crippen LogP contribution is 2.17. The van der Waals surface area contributed by atoms with Crippen molar-refractivity contribution in [2.24, 2.45) is 0 Å². The number of hydrogen-bond acceptors (Lipinski definition) is 4. The van der Waals surface area contributed by atoms with Gasteiger partial charge in [0.05, 0.1) is 13.7 Å². The number of nitrogens with zero attached hydrogens (tertiary/aromatic N) is 2. The average Bonchev–Trinajstić information content (AvgIpc) is 2.78. The van der Waals surface area contributed by atoms with E-state index in [-0.39, 0.29) is 0 Å². The molecular weight excluding hydrogens is 260 g/mol. The number of aromatic nitrogens is 3. The summed E-state index contributed by atoms with van der Waals surface area (Å²) in [6.45, 7) is 2.75. The van der Waals surface area contributed by atoms with Gasteiger partial charge < -0.3 is 10.2 Å². The Morgan fingerprint density at radius 3 is 2.95 bits per heavy atom. The second-order valence-corrected chi connectivity index (χ2v) is 4.56. The molecule has 2 N–H and O–H groups in total. The molecule has 5 nitrogen and oxygen atoms in total. The fourth-order valence-corrected chi connectivity index (χ4v) is 2.11. The van der Waals surface area contributed by atoms with Crippen molar-refractivity contribution in [2.75, 3.05) is 12.5 Å². The SMILES string of the molecule is CCCc1n[nH]c(=S)n1NCc1ccccc1OC. The number of benzene rings is 1. The van der Waals surface area contributed by atoms with E-state index in [0.29, 0.717) is 11.3 Å². The molecule has 0 aliphatic carbocycles. The minimum absolute atomic E-state index is 0.582. The summed E-state index contributed by atoms with van der Waals surface area (Å²) in [6, 6.07) is 7.91.